The molecule has 0 bridgehead atoms. The normalized spacial score (nSPS) is 15.0. The highest BCUT2D eigenvalue weighted by Crippen LogP contribution is 2.30. The van der Waals surface area contributed by atoms with Crippen LogP contribution in [0.15, 0.2) is 0 Å². The van der Waals surface area contributed by atoms with Crippen molar-refractivity contribution >= 4 is 11.9 Å². The Balaban J connectivity index is 4.68. The van der Waals surface area contributed by atoms with Crippen LogP contribution in [0.5, 0.6) is 0 Å². The summed E-state index contributed by atoms with van der Waals surface area (Å²) in [5.41, 5.74) is 0. The van der Waals surface area contributed by atoms with Crippen LogP contribution in [-0.2, 0) is 9.59 Å². The smallest absolute Gasteiger partial charge is 0.307 e. The van der Waals surface area contributed by atoms with Gasteiger partial charge in [-0.3, -0.25) is 9.59 Å². The molecule has 0 saturated carbocycles. The van der Waals surface area contributed by atoms with Crippen molar-refractivity contribution in [2.75, 3.05) is 0 Å². The van der Waals surface area contributed by atoms with Crippen LogP contribution in [0.3, 0.4) is 0 Å². The molecule has 0 aromatic heterocycles. The molecule has 0 radical (unpaired) electrons. The van der Waals surface area contributed by atoms with Crippen molar-refractivity contribution in [3.05, 3.63) is 0 Å². The van der Waals surface area contributed by atoms with Crippen LogP contribution in [0.4, 0.5) is 0 Å². The van der Waals surface area contributed by atoms with Crippen LogP contribution >= 0.6 is 0 Å². The van der Waals surface area contributed by atoms with Crippen molar-refractivity contribution in [1.29, 1.82) is 0 Å². The lowest BCUT2D eigenvalue weighted by molar-refractivity contribution is -0.155. The summed E-state index contributed by atoms with van der Waals surface area (Å²) in [4.78, 5) is 23.3. The SMILES string of the molecule is CCCCCCC(CC)CC(C(=O)O)C(CCCCCC)C(=O)O. The molecule has 0 aliphatic rings. The lowest BCUT2D eigenvalue weighted by Crippen LogP contribution is -2.31. The molecule has 0 aliphatic carbocycles. The van der Waals surface area contributed by atoms with Gasteiger partial charge in [0.1, 0.15) is 0 Å². The molecule has 2 N–H and O–H groups in total. The van der Waals surface area contributed by atoms with E-state index in [0.29, 0.717) is 18.8 Å². The topological polar surface area (TPSA) is 74.6 Å². The van der Waals surface area contributed by atoms with E-state index in [1.807, 2.05) is 0 Å². The van der Waals surface area contributed by atoms with Gasteiger partial charge in [-0.1, -0.05) is 85.0 Å². The Kier molecular flexibility index (Phi) is 13.7. The molecule has 0 aromatic carbocycles. The van der Waals surface area contributed by atoms with Gasteiger partial charge in [-0.15, -0.1) is 0 Å². The van der Waals surface area contributed by atoms with E-state index in [1.165, 1.54) is 19.3 Å². The molecule has 0 saturated heterocycles. The minimum atomic E-state index is -0.945. The lowest BCUT2D eigenvalue weighted by Gasteiger charge is -2.25. The molecule has 0 spiro atoms. The summed E-state index contributed by atoms with van der Waals surface area (Å²) < 4.78 is 0. The summed E-state index contributed by atoms with van der Waals surface area (Å²) in [5, 5.41) is 19.1. The maximum Gasteiger partial charge on any atom is 0.307 e. The zero-order chi connectivity index (χ0) is 18.4. The third kappa shape index (κ3) is 9.94. The van der Waals surface area contributed by atoms with Crippen molar-refractivity contribution in [1.82, 2.24) is 0 Å². The molecule has 0 amide bonds. The van der Waals surface area contributed by atoms with Crippen LogP contribution in [0.2, 0.25) is 0 Å². The van der Waals surface area contributed by atoms with Crippen LogP contribution in [0.25, 0.3) is 0 Å². The van der Waals surface area contributed by atoms with Gasteiger partial charge in [0.25, 0.3) is 0 Å². The Morgan fingerprint density at radius 1 is 0.708 bits per heavy atom. The number of unbranched alkanes of at least 4 members (excludes halogenated alkanes) is 6. The molecule has 0 fully saturated rings. The second kappa shape index (κ2) is 14.3. The molecular formula is C20H38O4. The lowest BCUT2D eigenvalue weighted by atomic mass is 9.79. The van der Waals surface area contributed by atoms with Crippen molar-refractivity contribution in [2.24, 2.45) is 17.8 Å². The van der Waals surface area contributed by atoms with Gasteiger partial charge in [-0.25, -0.2) is 0 Å². The quantitative estimate of drug-likeness (QED) is 0.350. The van der Waals surface area contributed by atoms with Crippen molar-refractivity contribution in [3.8, 4) is 0 Å². The predicted octanol–water partition coefficient (Wildman–Crippen LogP) is 5.75. The molecule has 142 valence electrons. The highest BCUT2D eigenvalue weighted by atomic mass is 16.4. The molecule has 0 rings (SSSR count). The minimum Gasteiger partial charge on any atom is -0.481 e. The van der Waals surface area contributed by atoms with Gasteiger partial charge in [0.15, 0.2) is 0 Å². The standard InChI is InChI=1S/C20H38O4/c1-4-7-9-11-13-16(6-3)15-18(20(23)24)17(19(21)22)14-12-10-8-5-2/h16-18H,4-15H2,1-3H3,(H,21,22)(H,23,24). The molecule has 0 aromatic rings. The first-order valence-corrected chi connectivity index (χ1v) is 9.93. The Hall–Kier alpha value is -1.06. The fourth-order valence-corrected chi connectivity index (χ4v) is 3.43. The fraction of sp³-hybridized carbons (Fsp3) is 0.900. The van der Waals surface area contributed by atoms with E-state index in [-0.39, 0.29) is 0 Å². The van der Waals surface area contributed by atoms with E-state index < -0.39 is 23.8 Å². The summed E-state index contributed by atoms with van der Waals surface area (Å²) >= 11 is 0. The highest BCUT2D eigenvalue weighted by molar-refractivity contribution is 5.79. The summed E-state index contributed by atoms with van der Waals surface area (Å²) in [5.74, 6) is -3.06. The van der Waals surface area contributed by atoms with E-state index in [0.717, 1.165) is 44.9 Å². The second-order valence-electron chi connectivity index (χ2n) is 7.10. The van der Waals surface area contributed by atoms with Crippen molar-refractivity contribution in [3.63, 3.8) is 0 Å². The zero-order valence-electron chi connectivity index (χ0n) is 15.9. The summed E-state index contributed by atoms with van der Waals surface area (Å²) in [6.07, 6.45) is 11.6. The van der Waals surface area contributed by atoms with Crippen LogP contribution in [0, 0.1) is 17.8 Å². The molecule has 0 aliphatic heterocycles. The molecule has 3 atom stereocenters. The Labute approximate surface area is 148 Å². The number of hydrogen-bond acceptors (Lipinski definition) is 2. The Morgan fingerprint density at radius 2 is 1.21 bits per heavy atom. The Bertz CT molecular complexity index is 341. The van der Waals surface area contributed by atoms with Crippen LogP contribution < -0.4 is 0 Å². The number of rotatable bonds is 16. The third-order valence-corrected chi connectivity index (χ3v) is 5.12. The summed E-state index contributed by atoms with van der Waals surface area (Å²) in [6.45, 7) is 6.37. The monoisotopic (exact) mass is 342 g/mol. The fourth-order valence-electron chi connectivity index (χ4n) is 3.43. The van der Waals surface area contributed by atoms with E-state index in [4.69, 9.17) is 0 Å². The van der Waals surface area contributed by atoms with Gasteiger partial charge >= 0.3 is 11.9 Å². The average molecular weight is 343 g/mol. The van der Waals surface area contributed by atoms with Gasteiger partial charge in [-0.2, -0.15) is 0 Å². The average Bonchev–Trinajstić information content (AvgIpc) is 2.54. The van der Waals surface area contributed by atoms with Gasteiger partial charge in [0.05, 0.1) is 11.8 Å². The Morgan fingerprint density at radius 3 is 1.62 bits per heavy atom. The van der Waals surface area contributed by atoms with Gasteiger partial charge in [-0.05, 0) is 18.8 Å². The first-order valence-electron chi connectivity index (χ1n) is 9.93. The number of carboxylic acid groups (broad SMARTS) is 2. The van der Waals surface area contributed by atoms with Crippen LogP contribution in [0.1, 0.15) is 97.8 Å². The molecular weight excluding hydrogens is 304 g/mol. The van der Waals surface area contributed by atoms with E-state index >= 15 is 0 Å². The first kappa shape index (κ1) is 22.9. The van der Waals surface area contributed by atoms with Gasteiger partial charge in [0.2, 0.25) is 0 Å². The zero-order valence-corrected chi connectivity index (χ0v) is 15.9. The molecule has 3 unspecified atom stereocenters. The van der Waals surface area contributed by atoms with E-state index in [2.05, 4.69) is 20.8 Å². The first-order chi connectivity index (χ1) is 11.5. The van der Waals surface area contributed by atoms with Crippen LogP contribution in [-0.4, -0.2) is 22.2 Å². The molecule has 24 heavy (non-hydrogen) atoms. The second-order valence-corrected chi connectivity index (χ2v) is 7.10. The highest BCUT2D eigenvalue weighted by Gasteiger charge is 2.34. The van der Waals surface area contributed by atoms with Gasteiger partial charge in [0, 0.05) is 0 Å². The van der Waals surface area contributed by atoms with E-state index in [9.17, 15) is 19.8 Å². The predicted molar refractivity (Wildman–Crippen MR) is 98.2 cm³/mol. The molecule has 0 heterocycles. The molecule has 4 nitrogen and oxygen atoms in total. The summed E-state index contributed by atoms with van der Waals surface area (Å²) in [6, 6.07) is 0. The minimum absolute atomic E-state index is 0.320. The number of hydrogen-bond donors (Lipinski definition) is 2. The number of carbonyl (C=O) groups is 2. The largest absolute Gasteiger partial charge is 0.481 e. The number of aliphatic carboxylic acids is 2. The molecule has 4 heteroatoms. The maximum atomic E-state index is 11.7. The maximum absolute atomic E-state index is 11.7. The van der Waals surface area contributed by atoms with Crippen molar-refractivity contribution in [2.45, 2.75) is 97.8 Å². The summed E-state index contributed by atoms with van der Waals surface area (Å²) in [7, 11) is 0. The third-order valence-electron chi connectivity index (χ3n) is 5.12. The van der Waals surface area contributed by atoms with Crippen molar-refractivity contribution < 1.29 is 19.8 Å². The van der Waals surface area contributed by atoms with E-state index in [1.54, 1.807) is 0 Å². The number of carboxylic acids is 2. The van der Waals surface area contributed by atoms with Gasteiger partial charge < -0.3 is 10.2 Å².